The lowest BCUT2D eigenvalue weighted by atomic mass is 9.86. The van der Waals surface area contributed by atoms with E-state index in [1.54, 1.807) is 4.90 Å². The van der Waals surface area contributed by atoms with Crippen molar-refractivity contribution in [1.82, 2.24) is 0 Å². The molecule has 1 aromatic rings. The summed E-state index contributed by atoms with van der Waals surface area (Å²) in [6.45, 7) is 2.89. The fourth-order valence-corrected chi connectivity index (χ4v) is 2.55. The fraction of sp³-hybridized carbons (Fsp3) is 0.500. The van der Waals surface area contributed by atoms with Crippen LogP contribution in [0.2, 0.25) is 0 Å². The molecular weight excluding hydrogens is 242 g/mol. The predicted molar refractivity (Wildman–Crippen MR) is 74.4 cm³/mol. The number of hydrogen-bond acceptors (Lipinski definition) is 4. The third kappa shape index (κ3) is 2.09. The molecule has 1 aromatic carbocycles. The van der Waals surface area contributed by atoms with Crippen LogP contribution in [0.3, 0.4) is 0 Å². The Labute approximate surface area is 112 Å². The minimum absolute atomic E-state index is 0.0750. The van der Waals surface area contributed by atoms with E-state index in [-0.39, 0.29) is 11.3 Å². The lowest BCUT2D eigenvalue weighted by Crippen LogP contribution is -2.52. The Balaban J connectivity index is 1.70. The largest absolute Gasteiger partial charge is 0.384 e. The molecule has 5 nitrogen and oxygen atoms in total. The van der Waals surface area contributed by atoms with Crippen molar-refractivity contribution in [3.63, 3.8) is 0 Å². The Hall–Kier alpha value is -1.59. The molecule has 0 saturated carbocycles. The van der Waals surface area contributed by atoms with E-state index in [0.29, 0.717) is 13.0 Å². The SMILES string of the molecule is CN1C(=O)Cc2cc(NCC3(CN)COC3)ccc21. The van der Waals surface area contributed by atoms with Gasteiger partial charge in [-0.25, -0.2) is 0 Å². The number of ether oxygens (including phenoxy) is 1. The zero-order valence-corrected chi connectivity index (χ0v) is 11.1. The van der Waals surface area contributed by atoms with Gasteiger partial charge in [-0.15, -0.1) is 0 Å². The van der Waals surface area contributed by atoms with Crippen LogP contribution >= 0.6 is 0 Å². The first kappa shape index (κ1) is 12.4. The zero-order valence-electron chi connectivity index (χ0n) is 11.1. The standard InChI is InChI=1S/C14H19N3O2/c1-17-12-3-2-11(4-10(12)5-13(17)18)16-7-14(6-15)8-19-9-14/h2-4,16H,5-9,15H2,1H3. The van der Waals surface area contributed by atoms with Crippen molar-refractivity contribution < 1.29 is 9.53 Å². The molecular formula is C14H19N3O2. The first-order chi connectivity index (χ1) is 9.13. The van der Waals surface area contributed by atoms with Gasteiger partial charge in [0.1, 0.15) is 0 Å². The second-order valence-electron chi connectivity index (χ2n) is 5.52. The van der Waals surface area contributed by atoms with Gasteiger partial charge in [0.05, 0.1) is 19.6 Å². The highest BCUT2D eigenvalue weighted by molar-refractivity contribution is 6.01. The molecule has 0 bridgehead atoms. The molecule has 1 amide bonds. The molecule has 2 heterocycles. The molecule has 2 aliphatic rings. The van der Waals surface area contributed by atoms with Crippen LogP contribution in [0.1, 0.15) is 5.56 Å². The van der Waals surface area contributed by atoms with E-state index < -0.39 is 0 Å². The number of hydrogen-bond donors (Lipinski definition) is 2. The molecule has 0 aromatic heterocycles. The maximum atomic E-state index is 11.6. The maximum absolute atomic E-state index is 11.6. The minimum atomic E-state index is 0.0750. The Morgan fingerprint density at radius 2 is 2.26 bits per heavy atom. The zero-order chi connectivity index (χ0) is 13.5. The third-order valence-corrected chi connectivity index (χ3v) is 4.07. The van der Waals surface area contributed by atoms with Crippen LogP contribution in [0.5, 0.6) is 0 Å². The molecule has 5 heteroatoms. The highest BCUT2D eigenvalue weighted by Gasteiger charge is 2.37. The molecule has 0 unspecified atom stereocenters. The maximum Gasteiger partial charge on any atom is 0.231 e. The van der Waals surface area contributed by atoms with Gasteiger partial charge in [-0.05, 0) is 23.8 Å². The van der Waals surface area contributed by atoms with E-state index in [2.05, 4.69) is 11.4 Å². The number of anilines is 2. The van der Waals surface area contributed by atoms with E-state index >= 15 is 0 Å². The molecule has 1 saturated heterocycles. The minimum Gasteiger partial charge on any atom is -0.384 e. The van der Waals surface area contributed by atoms with Crippen molar-refractivity contribution in [2.75, 3.05) is 43.6 Å². The van der Waals surface area contributed by atoms with Gasteiger partial charge in [-0.3, -0.25) is 4.79 Å². The molecule has 3 N–H and O–H groups in total. The molecule has 0 aliphatic carbocycles. The van der Waals surface area contributed by atoms with Crippen molar-refractivity contribution >= 4 is 17.3 Å². The first-order valence-electron chi connectivity index (χ1n) is 6.55. The summed E-state index contributed by atoms with van der Waals surface area (Å²) in [5.41, 5.74) is 9.00. The average molecular weight is 261 g/mol. The lowest BCUT2D eigenvalue weighted by Gasteiger charge is -2.40. The Bertz CT molecular complexity index is 506. The number of nitrogens with one attached hydrogen (secondary N) is 1. The van der Waals surface area contributed by atoms with Gasteiger partial charge >= 0.3 is 0 Å². The Morgan fingerprint density at radius 3 is 2.89 bits per heavy atom. The van der Waals surface area contributed by atoms with Gasteiger partial charge in [0.2, 0.25) is 5.91 Å². The average Bonchev–Trinajstić information content (AvgIpc) is 2.64. The van der Waals surface area contributed by atoms with E-state index in [1.807, 2.05) is 19.2 Å². The smallest absolute Gasteiger partial charge is 0.231 e. The normalized spacial score (nSPS) is 20.1. The van der Waals surface area contributed by atoms with Crippen molar-refractivity contribution in [3.05, 3.63) is 23.8 Å². The highest BCUT2D eigenvalue weighted by atomic mass is 16.5. The number of likely N-dealkylation sites (N-methyl/N-ethyl adjacent to an activating group) is 1. The van der Waals surface area contributed by atoms with Crippen LogP contribution in [0, 0.1) is 5.41 Å². The summed E-state index contributed by atoms with van der Waals surface area (Å²) < 4.78 is 5.25. The number of carbonyl (C=O) groups is 1. The summed E-state index contributed by atoms with van der Waals surface area (Å²) >= 11 is 0. The van der Waals surface area contributed by atoms with Crippen molar-refractivity contribution in [3.8, 4) is 0 Å². The van der Waals surface area contributed by atoms with Crippen LogP contribution in [0.4, 0.5) is 11.4 Å². The number of benzene rings is 1. The predicted octanol–water partition coefficient (Wildman–Crippen LogP) is 0.593. The summed E-state index contributed by atoms with van der Waals surface area (Å²) in [7, 11) is 1.82. The molecule has 0 spiro atoms. The van der Waals surface area contributed by atoms with Crippen molar-refractivity contribution in [2.45, 2.75) is 6.42 Å². The van der Waals surface area contributed by atoms with Crippen molar-refractivity contribution in [1.29, 1.82) is 0 Å². The van der Waals surface area contributed by atoms with Gasteiger partial charge in [-0.1, -0.05) is 0 Å². The van der Waals surface area contributed by atoms with Gasteiger partial charge < -0.3 is 20.7 Å². The molecule has 0 atom stereocenters. The van der Waals surface area contributed by atoms with E-state index in [4.69, 9.17) is 10.5 Å². The van der Waals surface area contributed by atoms with E-state index in [0.717, 1.165) is 36.7 Å². The first-order valence-corrected chi connectivity index (χ1v) is 6.55. The molecule has 102 valence electrons. The molecule has 1 fully saturated rings. The summed E-state index contributed by atoms with van der Waals surface area (Å²) in [6.07, 6.45) is 0.493. The van der Waals surface area contributed by atoms with Crippen molar-refractivity contribution in [2.24, 2.45) is 11.1 Å². The van der Waals surface area contributed by atoms with Crippen LogP contribution in [-0.2, 0) is 16.0 Å². The van der Waals surface area contributed by atoms with E-state index in [9.17, 15) is 4.79 Å². The van der Waals surface area contributed by atoms with Gasteiger partial charge in [-0.2, -0.15) is 0 Å². The van der Waals surface area contributed by atoms with Crippen LogP contribution in [0.15, 0.2) is 18.2 Å². The number of fused-ring (bicyclic) bond motifs is 1. The fourth-order valence-electron chi connectivity index (χ4n) is 2.55. The lowest BCUT2D eigenvalue weighted by molar-refractivity contribution is -0.117. The monoisotopic (exact) mass is 261 g/mol. The summed E-state index contributed by atoms with van der Waals surface area (Å²) in [5, 5.41) is 3.41. The molecule has 2 aliphatic heterocycles. The summed E-state index contributed by atoms with van der Waals surface area (Å²) in [6, 6.07) is 6.06. The number of nitrogens with zero attached hydrogens (tertiary/aromatic N) is 1. The summed E-state index contributed by atoms with van der Waals surface area (Å²) in [5.74, 6) is 0.151. The topological polar surface area (TPSA) is 67.6 Å². The van der Waals surface area contributed by atoms with Crippen LogP contribution in [-0.4, -0.2) is 39.3 Å². The molecule has 3 rings (SSSR count). The van der Waals surface area contributed by atoms with Gasteiger partial charge in [0, 0.05) is 36.9 Å². The highest BCUT2D eigenvalue weighted by Crippen LogP contribution is 2.31. The summed E-state index contributed by atoms with van der Waals surface area (Å²) in [4.78, 5) is 13.3. The third-order valence-electron chi connectivity index (χ3n) is 4.07. The molecule has 19 heavy (non-hydrogen) atoms. The number of amides is 1. The van der Waals surface area contributed by atoms with Gasteiger partial charge in [0.25, 0.3) is 0 Å². The van der Waals surface area contributed by atoms with Crippen LogP contribution < -0.4 is 16.0 Å². The molecule has 0 radical (unpaired) electrons. The number of carbonyl (C=O) groups excluding carboxylic acids is 1. The number of rotatable bonds is 4. The second kappa shape index (κ2) is 4.51. The van der Waals surface area contributed by atoms with E-state index in [1.165, 1.54) is 0 Å². The van der Waals surface area contributed by atoms with Gasteiger partial charge in [0.15, 0.2) is 0 Å². The Morgan fingerprint density at radius 1 is 1.47 bits per heavy atom. The second-order valence-corrected chi connectivity index (χ2v) is 5.52. The Kier molecular flexibility index (Phi) is 2.95. The van der Waals surface area contributed by atoms with Crippen LogP contribution in [0.25, 0.3) is 0 Å². The number of nitrogens with two attached hydrogens (primary N) is 1. The quantitative estimate of drug-likeness (QED) is 0.832.